The topological polar surface area (TPSA) is 70.2 Å². The van der Waals surface area contributed by atoms with Gasteiger partial charge < -0.3 is 10.1 Å². The van der Waals surface area contributed by atoms with Crippen LogP contribution in [0.2, 0.25) is 0 Å². The summed E-state index contributed by atoms with van der Waals surface area (Å²) in [6, 6.07) is 2.88. The van der Waals surface area contributed by atoms with Gasteiger partial charge >= 0.3 is 5.97 Å². The van der Waals surface area contributed by atoms with Gasteiger partial charge in [0.25, 0.3) is 0 Å². The molecule has 0 fully saturated rings. The molecule has 1 aromatic heterocycles. The van der Waals surface area contributed by atoms with Crippen LogP contribution in [-0.4, -0.2) is 21.8 Å². The summed E-state index contributed by atoms with van der Waals surface area (Å²) < 4.78 is 0. The SMILES string of the molecule is CC(C)C(=O)c1ccc(C(=O)O)[nH]1. The number of aromatic amines is 1. The zero-order valence-corrected chi connectivity index (χ0v) is 7.50. The third kappa shape index (κ3) is 1.96. The van der Waals surface area contributed by atoms with E-state index in [2.05, 4.69) is 4.98 Å². The van der Waals surface area contributed by atoms with Crippen molar-refractivity contribution in [3.05, 3.63) is 23.5 Å². The number of hydrogen-bond acceptors (Lipinski definition) is 2. The quantitative estimate of drug-likeness (QED) is 0.695. The van der Waals surface area contributed by atoms with Gasteiger partial charge in [0.05, 0.1) is 5.69 Å². The van der Waals surface area contributed by atoms with E-state index in [1.165, 1.54) is 12.1 Å². The van der Waals surface area contributed by atoms with Crippen LogP contribution in [0.3, 0.4) is 0 Å². The molecular formula is C9H11NO3. The first-order valence-corrected chi connectivity index (χ1v) is 3.99. The van der Waals surface area contributed by atoms with Crippen LogP contribution < -0.4 is 0 Å². The first-order valence-electron chi connectivity index (χ1n) is 3.99. The molecule has 0 saturated carbocycles. The minimum Gasteiger partial charge on any atom is -0.477 e. The fourth-order valence-electron chi connectivity index (χ4n) is 0.975. The maximum Gasteiger partial charge on any atom is 0.352 e. The highest BCUT2D eigenvalue weighted by Crippen LogP contribution is 2.08. The van der Waals surface area contributed by atoms with E-state index in [4.69, 9.17) is 5.11 Å². The largest absolute Gasteiger partial charge is 0.477 e. The van der Waals surface area contributed by atoms with E-state index < -0.39 is 5.97 Å². The van der Waals surface area contributed by atoms with Gasteiger partial charge in [0.15, 0.2) is 5.78 Å². The van der Waals surface area contributed by atoms with Crippen LogP contribution in [0, 0.1) is 5.92 Å². The fraction of sp³-hybridized carbons (Fsp3) is 0.333. The van der Waals surface area contributed by atoms with Crippen LogP contribution in [0.25, 0.3) is 0 Å². The van der Waals surface area contributed by atoms with E-state index in [1.807, 2.05) is 0 Å². The molecule has 0 aliphatic rings. The van der Waals surface area contributed by atoms with E-state index in [9.17, 15) is 9.59 Å². The lowest BCUT2D eigenvalue weighted by atomic mass is 10.1. The second-order valence-corrected chi connectivity index (χ2v) is 3.11. The molecule has 0 bridgehead atoms. The molecule has 1 rings (SSSR count). The second kappa shape index (κ2) is 3.43. The molecule has 0 aliphatic carbocycles. The number of rotatable bonds is 3. The maximum atomic E-state index is 11.4. The highest BCUT2D eigenvalue weighted by atomic mass is 16.4. The predicted molar refractivity (Wildman–Crippen MR) is 46.9 cm³/mol. The van der Waals surface area contributed by atoms with Crippen molar-refractivity contribution >= 4 is 11.8 Å². The normalized spacial score (nSPS) is 10.4. The summed E-state index contributed by atoms with van der Waals surface area (Å²) in [6.07, 6.45) is 0. The standard InChI is InChI=1S/C9H11NO3/c1-5(2)8(11)6-3-4-7(10-6)9(12)13/h3-5,10H,1-2H3,(H,12,13). The summed E-state index contributed by atoms with van der Waals surface area (Å²) in [7, 11) is 0. The van der Waals surface area contributed by atoms with Crippen LogP contribution >= 0.6 is 0 Å². The molecule has 0 radical (unpaired) electrons. The zero-order valence-electron chi connectivity index (χ0n) is 7.50. The maximum absolute atomic E-state index is 11.4. The predicted octanol–water partition coefficient (Wildman–Crippen LogP) is 1.55. The number of carboxylic acids is 1. The Balaban J connectivity index is 2.92. The van der Waals surface area contributed by atoms with Gasteiger partial charge in [-0.15, -0.1) is 0 Å². The Kier molecular flexibility index (Phi) is 2.51. The van der Waals surface area contributed by atoms with Crippen molar-refractivity contribution in [2.75, 3.05) is 0 Å². The molecule has 4 nitrogen and oxygen atoms in total. The van der Waals surface area contributed by atoms with Crippen molar-refractivity contribution in [1.82, 2.24) is 4.98 Å². The van der Waals surface area contributed by atoms with Gasteiger partial charge in [-0.2, -0.15) is 0 Å². The Bertz CT molecular complexity index is 338. The molecule has 4 heteroatoms. The van der Waals surface area contributed by atoms with Crippen LogP contribution in [0.1, 0.15) is 34.8 Å². The van der Waals surface area contributed by atoms with Gasteiger partial charge in [0, 0.05) is 5.92 Å². The molecule has 2 N–H and O–H groups in total. The van der Waals surface area contributed by atoms with E-state index in [1.54, 1.807) is 13.8 Å². The lowest BCUT2D eigenvalue weighted by Gasteiger charge is -1.99. The Morgan fingerprint density at radius 1 is 1.31 bits per heavy atom. The van der Waals surface area contributed by atoms with Crippen molar-refractivity contribution < 1.29 is 14.7 Å². The van der Waals surface area contributed by atoms with Crippen molar-refractivity contribution in [2.45, 2.75) is 13.8 Å². The van der Waals surface area contributed by atoms with Crippen LogP contribution in [0.5, 0.6) is 0 Å². The Hall–Kier alpha value is -1.58. The third-order valence-corrected chi connectivity index (χ3v) is 1.71. The summed E-state index contributed by atoms with van der Waals surface area (Å²) in [5.41, 5.74) is 0.399. The number of hydrogen-bond donors (Lipinski definition) is 2. The lowest BCUT2D eigenvalue weighted by molar-refractivity contribution is 0.0691. The zero-order chi connectivity index (χ0) is 10.0. The summed E-state index contributed by atoms with van der Waals surface area (Å²) in [5.74, 6) is -1.25. The molecule has 70 valence electrons. The molecular weight excluding hydrogens is 170 g/mol. The number of carbonyl (C=O) groups excluding carboxylic acids is 1. The number of aromatic nitrogens is 1. The third-order valence-electron chi connectivity index (χ3n) is 1.71. The Morgan fingerprint density at radius 3 is 2.23 bits per heavy atom. The first kappa shape index (κ1) is 9.51. The molecule has 0 spiro atoms. The Morgan fingerprint density at radius 2 is 1.85 bits per heavy atom. The number of carbonyl (C=O) groups is 2. The number of carboxylic acid groups (broad SMARTS) is 1. The smallest absolute Gasteiger partial charge is 0.352 e. The van der Waals surface area contributed by atoms with E-state index in [0.717, 1.165) is 0 Å². The highest BCUT2D eigenvalue weighted by Gasteiger charge is 2.14. The average Bonchev–Trinajstić information content (AvgIpc) is 2.50. The number of nitrogens with one attached hydrogen (secondary N) is 1. The van der Waals surface area contributed by atoms with E-state index in [-0.39, 0.29) is 17.4 Å². The van der Waals surface area contributed by atoms with Gasteiger partial charge in [-0.05, 0) is 12.1 Å². The van der Waals surface area contributed by atoms with Crippen molar-refractivity contribution in [3.8, 4) is 0 Å². The summed E-state index contributed by atoms with van der Waals surface area (Å²) in [5, 5.41) is 8.58. The van der Waals surface area contributed by atoms with E-state index in [0.29, 0.717) is 5.69 Å². The molecule has 0 aromatic carbocycles. The lowest BCUT2D eigenvalue weighted by Crippen LogP contribution is -2.08. The van der Waals surface area contributed by atoms with Gasteiger partial charge in [-0.25, -0.2) is 4.79 Å². The molecule has 0 saturated heterocycles. The van der Waals surface area contributed by atoms with E-state index >= 15 is 0 Å². The second-order valence-electron chi connectivity index (χ2n) is 3.11. The number of aromatic carboxylic acids is 1. The van der Waals surface area contributed by atoms with Gasteiger partial charge in [-0.3, -0.25) is 4.79 Å². The van der Waals surface area contributed by atoms with Crippen molar-refractivity contribution in [3.63, 3.8) is 0 Å². The van der Waals surface area contributed by atoms with Crippen LogP contribution in [0.15, 0.2) is 12.1 Å². The monoisotopic (exact) mass is 181 g/mol. The minimum absolute atomic E-state index is 0.0454. The van der Waals surface area contributed by atoms with Crippen molar-refractivity contribution in [1.29, 1.82) is 0 Å². The van der Waals surface area contributed by atoms with Crippen LogP contribution in [-0.2, 0) is 0 Å². The van der Waals surface area contributed by atoms with Crippen molar-refractivity contribution in [2.24, 2.45) is 5.92 Å². The van der Waals surface area contributed by atoms with Gasteiger partial charge in [0.1, 0.15) is 5.69 Å². The summed E-state index contributed by atoms with van der Waals surface area (Å²) in [4.78, 5) is 24.4. The molecule has 1 heterocycles. The minimum atomic E-state index is -1.05. The number of H-pyrrole nitrogens is 1. The molecule has 0 unspecified atom stereocenters. The van der Waals surface area contributed by atoms with Gasteiger partial charge in [-0.1, -0.05) is 13.8 Å². The molecule has 0 aliphatic heterocycles. The average molecular weight is 181 g/mol. The molecule has 0 atom stereocenters. The molecule has 0 amide bonds. The summed E-state index contributed by atoms with van der Waals surface area (Å²) in [6.45, 7) is 3.53. The van der Waals surface area contributed by atoms with Gasteiger partial charge in [0.2, 0.25) is 0 Å². The fourth-order valence-corrected chi connectivity index (χ4v) is 0.975. The summed E-state index contributed by atoms with van der Waals surface area (Å²) >= 11 is 0. The first-order chi connectivity index (χ1) is 6.02. The number of Topliss-reactive ketones (excluding diaryl/α,β-unsaturated/α-hetero) is 1. The molecule has 13 heavy (non-hydrogen) atoms. The Labute approximate surface area is 75.6 Å². The highest BCUT2D eigenvalue weighted by molar-refractivity contribution is 5.97. The number of ketones is 1. The molecule has 1 aromatic rings. The van der Waals surface area contributed by atoms with Crippen LogP contribution in [0.4, 0.5) is 0 Å².